The minimum atomic E-state index is 0.161. The Kier molecular flexibility index (Phi) is 2.44. The summed E-state index contributed by atoms with van der Waals surface area (Å²) in [5, 5.41) is 3.95. The van der Waals surface area contributed by atoms with Gasteiger partial charge in [-0.1, -0.05) is 46.7 Å². The SMILES string of the molecule is CC(C)(C)C1C=NOC1C(C)(C)C. The van der Waals surface area contributed by atoms with Gasteiger partial charge in [0.2, 0.25) is 0 Å². The van der Waals surface area contributed by atoms with Gasteiger partial charge in [0.15, 0.2) is 0 Å². The van der Waals surface area contributed by atoms with Crippen LogP contribution in [-0.4, -0.2) is 12.3 Å². The van der Waals surface area contributed by atoms with Crippen LogP contribution >= 0.6 is 0 Å². The molecule has 1 rings (SSSR count). The Hall–Kier alpha value is -0.530. The first-order chi connectivity index (χ1) is 5.73. The molecular weight excluding hydrogens is 162 g/mol. The van der Waals surface area contributed by atoms with E-state index in [4.69, 9.17) is 4.84 Å². The molecule has 1 heterocycles. The maximum Gasteiger partial charge on any atom is 0.140 e. The van der Waals surface area contributed by atoms with Gasteiger partial charge in [0.25, 0.3) is 0 Å². The van der Waals surface area contributed by atoms with E-state index in [1.165, 1.54) is 0 Å². The summed E-state index contributed by atoms with van der Waals surface area (Å²) in [6.07, 6.45) is 2.17. The molecule has 1 aliphatic rings. The zero-order valence-corrected chi connectivity index (χ0v) is 9.59. The first-order valence-electron chi connectivity index (χ1n) is 4.92. The van der Waals surface area contributed by atoms with Gasteiger partial charge < -0.3 is 4.84 Å². The lowest BCUT2D eigenvalue weighted by atomic mass is 9.71. The lowest BCUT2D eigenvalue weighted by molar-refractivity contribution is -0.0366. The number of hydrogen-bond acceptors (Lipinski definition) is 2. The predicted molar refractivity (Wildman–Crippen MR) is 55.8 cm³/mol. The molecule has 0 saturated heterocycles. The smallest absolute Gasteiger partial charge is 0.140 e. The summed E-state index contributed by atoms with van der Waals surface area (Å²) < 4.78 is 0. The molecule has 1 aliphatic heterocycles. The van der Waals surface area contributed by atoms with Crippen LogP contribution in [0.15, 0.2) is 5.16 Å². The minimum Gasteiger partial charge on any atom is -0.392 e. The average Bonchev–Trinajstić information content (AvgIpc) is 2.27. The summed E-state index contributed by atoms with van der Waals surface area (Å²) >= 11 is 0. The van der Waals surface area contributed by atoms with E-state index in [1.807, 2.05) is 6.21 Å². The standard InChI is InChI=1S/C11H21NO/c1-10(2,3)8-7-12-13-9(8)11(4,5)6/h7-9H,1-6H3. The second-order valence-corrected chi connectivity index (χ2v) is 6.04. The highest BCUT2D eigenvalue weighted by Crippen LogP contribution is 2.39. The van der Waals surface area contributed by atoms with Gasteiger partial charge in [-0.2, -0.15) is 0 Å². The number of hydrogen-bond donors (Lipinski definition) is 0. The number of rotatable bonds is 0. The fourth-order valence-electron chi connectivity index (χ4n) is 1.68. The monoisotopic (exact) mass is 183 g/mol. The van der Waals surface area contributed by atoms with Gasteiger partial charge in [-0.3, -0.25) is 0 Å². The Morgan fingerprint density at radius 3 is 1.85 bits per heavy atom. The zero-order chi connectivity index (χ0) is 10.3. The quantitative estimate of drug-likeness (QED) is 0.565. The second-order valence-electron chi connectivity index (χ2n) is 6.04. The van der Waals surface area contributed by atoms with Crippen LogP contribution in [0.3, 0.4) is 0 Å². The van der Waals surface area contributed by atoms with Gasteiger partial charge in [0.05, 0.1) is 6.21 Å². The molecule has 2 nitrogen and oxygen atoms in total. The Morgan fingerprint density at radius 2 is 1.54 bits per heavy atom. The van der Waals surface area contributed by atoms with Gasteiger partial charge in [-0.15, -0.1) is 0 Å². The van der Waals surface area contributed by atoms with E-state index in [-0.39, 0.29) is 16.9 Å². The number of nitrogens with zero attached hydrogens (tertiary/aromatic N) is 1. The topological polar surface area (TPSA) is 21.6 Å². The van der Waals surface area contributed by atoms with E-state index in [1.54, 1.807) is 0 Å². The first kappa shape index (κ1) is 10.6. The highest BCUT2D eigenvalue weighted by Gasteiger charge is 2.42. The molecule has 2 atom stereocenters. The summed E-state index contributed by atoms with van der Waals surface area (Å²) in [7, 11) is 0. The maximum absolute atomic E-state index is 5.43. The summed E-state index contributed by atoms with van der Waals surface area (Å²) in [5.74, 6) is 0.424. The Bertz CT molecular complexity index is 207. The Morgan fingerprint density at radius 1 is 1.00 bits per heavy atom. The molecular formula is C11H21NO. The first-order valence-corrected chi connectivity index (χ1v) is 4.92. The van der Waals surface area contributed by atoms with E-state index >= 15 is 0 Å². The van der Waals surface area contributed by atoms with E-state index in [0.29, 0.717) is 5.92 Å². The molecule has 0 aliphatic carbocycles. The van der Waals surface area contributed by atoms with Crippen LogP contribution in [0.4, 0.5) is 0 Å². The van der Waals surface area contributed by atoms with Crippen molar-refractivity contribution in [2.24, 2.45) is 21.9 Å². The largest absolute Gasteiger partial charge is 0.392 e. The molecule has 13 heavy (non-hydrogen) atoms. The second kappa shape index (κ2) is 3.00. The third-order valence-electron chi connectivity index (χ3n) is 2.58. The zero-order valence-electron chi connectivity index (χ0n) is 9.59. The maximum atomic E-state index is 5.43. The third-order valence-corrected chi connectivity index (χ3v) is 2.58. The summed E-state index contributed by atoms with van der Waals surface area (Å²) in [6, 6.07) is 0. The van der Waals surface area contributed by atoms with Crippen molar-refractivity contribution in [3.05, 3.63) is 0 Å². The summed E-state index contributed by atoms with van der Waals surface area (Å²) in [5.41, 5.74) is 0.395. The molecule has 0 saturated carbocycles. The molecule has 0 radical (unpaired) electrons. The molecule has 0 spiro atoms. The van der Waals surface area contributed by atoms with Gasteiger partial charge >= 0.3 is 0 Å². The normalized spacial score (nSPS) is 29.1. The Balaban J connectivity index is 2.81. The van der Waals surface area contributed by atoms with Gasteiger partial charge in [-0.05, 0) is 5.41 Å². The molecule has 2 heteroatoms. The number of oxime groups is 1. The van der Waals surface area contributed by atoms with E-state index < -0.39 is 0 Å². The highest BCUT2D eigenvalue weighted by molar-refractivity contribution is 5.63. The van der Waals surface area contributed by atoms with Crippen LogP contribution in [0.25, 0.3) is 0 Å². The summed E-state index contributed by atoms with van der Waals surface area (Å²) in [4.78, 5) is 5.43. The van der Waals surface area contributed by atoms with Crippen molar-refractivity contribution < 1.29 is 4.84 Å². The van der Waals surface area contributed by atoms with Crippen LogP contribution in [0.5, 0.6) is 0 Å². The fraction of sp³-hybridized carbons (Fsp3) is 0.909. The van der Waals surface area contributed by atoms with Crippen molar-refractivity contribution in [3.8, 4) is 0 Å². The molecule has 2 unspecified atom stereocenters. The summed E-state index contributed by atoms with van der Waals surface area (Å²) in [6.45, 7) is 13.3. The molecule has 0 aromatic heterocycles. The lowest BCUT2D eigenvalue weighted by Crippen LogP contribution is -2.39. The van der Waals surface area contributed by atoms with Crippen molar-refractivity contribution in [1.82, 2.24) is 0 Å². The molecule has 0 aromatic rings. The van der Waals surface area contributed by atoms with Gasteiger partial charge in [-0.25, -0.2) is 0 Å². The third kappa shape index (κ3) is 2.23. The van der Waals surface area contributed by atoms with Crippen molar-refractivity contribution >= 4 is 6.21 Å². The van der Waals surface area contributed by atoms with Crippen molar-refractivity contribution in [1.29, 1.82) is 0 Å². The van der Waals surface area contributed by atoms with Crippen LogP contribution in [0.1, 0.15) is 41.5 Å². The average molecular weight is 183 g/mol. The van der Waals surface area contributed by atoms with Crippen molar-refractivity contribution in [2.75, 3.05) is 0 Å². The van der Waals surface area contributed by atoms with Crippen LogP contribution in [-0.2, 0) is 4.84 Å². The van der Waals surface area contributed by atoms with E-state index in [2.05, 4.69) is 46.7 Å². The van der Waals surface area contributed by atoms with E-state index in [0.717, 1.165) is 0 Å². The highest BCUT2D eigenvalue weighted by atomic mass is 16.6. The van der Waals surface area contributed by atoms with Crippen LogP contribution in [0.2, 0.25) is 0 Å². The Labute approximate surface area is 81.3 Å². The minimum absolute atomic E-state index is 0.161. The van der Waals surface area contributed by atoms with Gasteiger partial charge in [0.1, 0.15) is 6.10 Å². The van der Waals surface area contributed by atoms with Gasteiger partial charge in [0, 0.05) is 11.3 Å². The van der Waals surface area contributed by atoms with Crippen molar-refractivity contribution in [2.45, 2.75) is 47.6 Å². The molecule has 0 amide bonds. The van der Waals surface area contributed by atoms with Crippen LogP contribution in [0, 0.1) is 16.7 Å². The molecule has 0 N–H and O–H groups in total. The predicted octanol–water partition coefficient (Wildman–Crippen LogP) is 3.08. The van der Waals surface area contributed by atoms with Crippen LogP contribution < -0.4 is 0 Å². The molecule has 0 aromatic carbocycles. The van der Waals surface area contributed by atoms with Crippen molar-refractivity contribution in [3.63, 3.8) is 0 Å². The lowest BCUT2D eigenvalue weighted by Gasteiger charge is -2.35. The molecule has 0 bridgehead atoms. The fourth-order valence-corrected chi connectivity index (χ4v) is 1.68. The van der Waals surface area contributed by atoms with E-state index in [9.17, 15) is 0 Å². The molecule has 76 valence electrons. The molecule has 0 fully saturated rings.